The molecule has 0 atom stereocenters. The van der Waals surface area contributed by atoms with Crippen molar-refractivity contribution in [3.05, 3.63) is 0 Å². The molecule has 0 unspecified atom stereocenters. The van der Waals surface area contributed by atoms with Gasteiger partial charge in [-0.25, -0.2) is 0 Å². The van der Waals surface area contributed by atoms with Crippen LogP contribution in [0.2, 0.25) is 0 Å². The molecule has 0 heterocycles. The SMILES string of the molecule is CC(C)C(C)(C)C#CC#CC(C)(C)C(C)C. The van der Waals surface area contributed by atoms with Gasteiger partial charge >= 0.3 is 0 Å². The molecule has 0 aliphatic heterocycles. The fraction of sp³-hybridized carbons (Fsp3) is 0.750. The van der Waals surface area contributed by atoms with Crippen molar-refractivity contribution in [2.75, 3.05) is 0 Å². The van der Waals surface area contributed by atoms with Gasteiger partial charge in [0.05, 0.1) is 0 Å². The summed E-state index contributed by atoms with van der Waals surface area (Å²) in [6.07, 6.45) is 0. The summed E-state index contributed by atoms with van der Waals surface area (Å²) in [6.45, 7) is 17.4. The number of hydrogen-bond donors (Lipinski definition) is 0. The first-order valence-corrected chi connectivity index (χ1v) is 6.14. The molecule has 0 N–H and O–H groups in total. The standard InChI is InChI=1S/C16H26/c1-13(2)15(5,6)11-9-10-12-16(7,8)14(3)4/h13-14H,1-8H3. The van der Waals surface area contributed by atoms with E-state index in [1.807, 2.05) is 0 Å². The van der Waals surface area contributed by atoms with E-state index in [-0.39, 0.29) is 10.8 Å². The van der Waals surface area contributed by atoms with Crippen LogP contribution >= 0.6 is 0 Å². The Hall–Kier alpha value is -0.880. The lowest BCUT2D eigenvalue weighted by Gasteiger charge is -2.22. The van der Waals surface area contributed by atoms with Gasteiger partial charge in [-0.2, -0.15) is 0 Å². The van der Waals surface area contributed by atoms with Gasteiger partial charge in [-0.3, -0.25) is 0 Å². The summed E-state index contributed by atoms with van der Waals surface area (Å²) in [5.41, 5.74) is 0.104. The van der Waals surface area contributed by atoms with E-state index in [1.54, 1.807) is 0 Å². The summed E-state index contributed by atoms with van der Waals surface area (Å²) >= 11 is 0. The first kappa shape index (κ1) is 15.1. The van der Waals surface area contributed by atoms with Crippen LogP contribution in [0.5, 0.6) is 0 Å². The zero-order valence-corrected chi connectivity index (χ0v) is 12.2. The predicted octanol–water partition coefficient (Wildman–Crippen LogP) is 4.36. The van der Waals surface area contributed by atoms with Gasteiger partial charge in [0.15, 0.2) is 0 Å². The van der Waals surface area contributed by atoms with E-state index in [9.17, 15) is 0 Å². The summed E-state index contributed by atoms with van der Waals surface area (Å²) in [7, 11) is 0. The summed E-state index contributed by atoms with van der Waals surface area (Å²) in [6, 6.07) is 0. The highest BCUT2D eigenvalue weighted by atomic mass is 14.2. The second-order valence-corrected chi connectivity index (χ2v) is 6.25. The molecule has 0 heteroatoms. The minimum atomic E-state index is 0.0522. The van der Waals surface area contributed by atoms with Crippen LogP contribution in [-0.2, 0) is 0 Å². The zero-order chi connectivity index (χ0) is 13.0. The average Bonchev–Trinajstić information content (AvgIpc) is 2.12. The van der Waals surface area contributed by atoms with Crippen molar-refractivity contribution >= 4 is 0 Å². The highest BCUT2D eigenvalue weighted by molar-refractivity contribution is 5.30. The van der Waals surface area contributed by atoms with Gasteiger partial charge in [-0.05, 0) is 51.4 Å². The van der Waals surface area contributed by atoms with Crippen molar-refractivity contribution in [2.24, 2.45) is 22.7 Å². The molecule has 0 aromatic carbocycles. The molecule has 0 nitrogen and oxygen atoms in total. The summed E-state index contributed by atoms with van der Waals surface area (Å²) in [5, 5.41) is 0. The topological polar surface area (TPSA) is 0 Å². The summed E-state index contributed by atoms with van der Waals surface area (Å²) in [4.78, 5) is 0. The largest absolute Gasteiger partial charge is 0.0826 e. The van der Waals surface area contributed by atoms with Crippen LogP contribution in [0.15, 0.2) is 0 Å². The quantitative estimate of drug-likeness (QED) is 0.604. The lowest BCUT2D eigenvalue weighted by atomic mass is 9.81. The van der Waals surface area contributed by atoms with Crippen LogP contribution < -0.4 is 0 Å². The molecule has 0 radical (unpaired) electrons. The molecule has 0 aliphatic rings. The normalized spacial score (nSPS) is 11.9. The molecule has 0 rings (SSSR count). The fourth-order valence-electron chi connectivity index (χ4n) is 0.673. The van der Waals surface area contributed by atoms with Gasteiger partial charge < -0.3 is 0 Å². The summed E-state index contributed by atoms with van der Waals surface area (Å²) < 4.78 is 0. The van der Waals surface area contributed by atoms with E-state index in [2.05, 4.69) is 79.1 Å². The number of hydrogen-bond acceptors (Lipinski definition) is 0. The average molecular weight is 218 g/mol. The third kappa shape index (κ3) is 4.76. The molecule has 0 bridgehead atoms. The van der Waals surface area contributed by atoms with Crippen LogP contribution in [0.4, 0.5) is 0 Å². The van der Waals surface area contributed by atoms with Crippen molar-refractivity contribution in [1.29, 1.82) is 0 Å². The smallest absolute Gasteiger partial charge is 0.0291 e. The molecule has 0 saturated heterocycles. The third-order valence-corrected chi connectivity index (χ3v) is 3.72. The second-order valence-electron chi connectivity index (χ2n) is 6.25. The van der Waals surface area contributed by atoms with Crippen LogP contribution in [0.1, 0.15) is 55.4 Å². The Morgan fingerprint density at radius 3 is 1.06 bits per heavy atom. The molecule has 0 spiro atoms. The maximum absolute atomic E-state index is 3.25. The van der Waals surface area contributed by atoms with Gasteiger partial charge in [-0.1, -0.05) is 39.5 Å². The minimum absolute atomic E-state index is 0.0522. The van der Waals surface area contributed by atoms with E-state index < -0.39 is 0 Å². The molecule has 0 saturated carbocycles. The van der Waals surface area contributed by atoms with Gasteiger partial charge in [0.25, 0.3) is 0 Å². The van der Waals surface area contributed by atoms with E-state index in [0.717, 1.165) is 0 Å². The maximum Gasteiger partial charge on any atom is 0.0291 e. The van der Waals surface area contributed by atoms with Crippen LogP contribution in [-0.4, -0.2) is 0 Å². The van der Waals surface area contributed by atoms with Crippen molar-refractivity contribution in [3.63, 3.8) is 0 Å². The molecule has 16 heavy (non-hydrogen) atoms. The minimum Gasteiger partial charge on any atom is -0.0826 e. The predicted molar refractivity (Wildman–Crippen MR) is 72.8 cm³/mol. The molecule has 0 fully saturated rings. The first-order valence-electron chi connectivity index (χ1n) is 6.14. The highest BCUT2D eigenvalue weighted by Crippen LogP contribution is 2.25. The third-order valence-electron chi connectivity index (χ3n) is 3.72. The van der Waals surface area contributed by atoms with E-state index in [0.29, 0.717) is 11.8 Å². The maximum atomic E-state index is 3.25. The molecule has 0 aliphatic carbocycles. The Morgan fingerprint density at radius 2 is 0.875 bits per heavy atom. The second kappa shape index (κ2) is 5.45. The Balaban J connectivity index is 4.71. The number of rotatable bonds is 2. The Bertz CT molecular complexity index is 296. The molecular formula is C16H26. The van der Waals surface area contributed by atoms with Gasteiger partial charge in [0.2, 0.25) is 0 Å². The lowest BCUT2D eigenvalue weighted by Crippen LogP contribution is -2.16. The van der Waals surface area contributed by atoms with Crippen molar-refractivity contribution < 1.29 is 0 Å². The Labute approximate surface area is 102 Å². The Kier molecular flexibility index (Phi) is 5.15. The highest BCUT2D eigenvalue weighted by Gasteiger charge is 2.19. The molecule has 0 amide bonds. The van der Waals surface area contributed by atoms with Crippen LogP contribution in [0.3, 0.4) is 0 Å². The summed E-state index contributed by atoms with van der Waals surface area (Å²) in [5.74, 6) is 13.6. The van der Waals surface area contributed by atoms with Crippen molar-refractivity contribution in [3.8, 4) is 23.7 Å². The van der Waals surface area contributed by atoms with E-state index in [1.165, 1.54) is 0 Å². The lowest BCUT2D eigenvalue weighted by molar-refractivity contribution is 0.349. The van der Waals surface area contributed by atoms with Gasteiger partial charge in [0, 0.05) is 10.8 Å². The fourth-order valence-corrected chi connectivity index (χ4v) is 0.673. The van der Waals surface area contributed by atoms with Crippen molar-refractivity contribution in [1.82, 2.24) is 0 Å². The first-order chi connectivity index (χ1) is 7.09. The Morgan fingerprint density at radius 1 is 0.625 bits per heavy atom. The molecular weight excluding hydrogens is 192 g/mol. The molecule has 90 valence electrons. The molecule has 0 aromatic heterocycles. The monoisotopic (exact) mass is 218 g/mol. The van der Waals surface area contributed by atoms with Crippen LogP contribution in [0, 0.1) is 46.3 Å². The van der Waals surface area contributed by atoms with E-state index >= 15 is 0 Å². The zero-order valence-electron chi connectivity index (χ0n) is 12.2. The van der Waals surface area contributed by atoms with Crippen LogP contribution in [0.25, 0.3) is 0 Å². The van der Waals surface area contributed by atoms with Gasteiger partial charge in [-0.15, -0.1) is 0 Å². The molecule has 0 aromatic rings. The van der Waals surface area contributed by atoms with Crippen molar-refractivity contribution in [2.45, 2.75) is 55.4 Å². The van der Waals surface area contributed by atoms with Gasteiger partial charge in [0.1, 0.15) is 0 Å². The van der Waals surface area contributed by atoms with E-state index in [4.69, 9.17) is 0 Å².